The molecule has 0 aromatic heterocycles. The van der Waals surface area contributed by atoms with Gasteiger partial charge in [-0.15, -0.1) is 0 Å². The third kappa shape index (κ3) is 2.20. The number of halogens is 2. The molecule has 0 atom stereocenters. The van der Waals surface area contributed by atoms with Crippen LogP contribution in [0.3, 0.4) is 0 Å². The molecule has 0 heterocycles. The average molecular weight is 246 g/mol. The van der Waals surface area contributed by atoms with Crippen LogP contribution < -0.4 is 0 Å². The average Bonchev–Trinajstić information content (AvgIpc) is 1.62. The number of hydrogen-bond acceptors (Lipinski definition) is 2. The molecule has 0 bridgehead atoms. The Morgan fingerprint density at radius 2 is 1.70 bits per heavy atom. The van der Waals surface area contributed by atoms with Crippen LogP contribution in [0.4, 0.5) is 8.78 Å². The minimum atomic E-state index is -4.10. The predicted molar refractivity (Wildman–Crippen MR) is 28.7 cm³/mol. The van der Waals surface area contributed by atoms with Crippen molar-refractivity contribution in [2.24, 2.45) is 5.92 Å². The van der Waals surface area contributed by atoms with Gasteiger partial charge in [0, 0.05) is 0 Å². The summed E-state index contributed by atoms with van der Waals surface area (Å²) >= 11 is -0.428. The summed E-state index contributed by atoms with van der Waals surface area (Å²) in [5.41, 5.74) is 0. The van der Waals surface area contributed by atoms with Crippen LogP contribution in [0.5, 0.6) is 0 Å². The molecule has 10 heavy (non-hydrogen) atoms. The van der Waals surface area contributed by atoms with Crippen molar-refractivity contribution in [3.8, 4) is 0 Å². The van der Waals surface area contributed by atoms with Crippen molar-refractivity contribution in [2.75, 3.05) is 0 Å². The van der Waals surface area contributed by atoms with Crippen LogP contribution in [0.25, 0.3) is 0 Å². The summed E-state index contributed by atoms with van der Waals surface area (Å²) in [5.74, 6) is -1.13. The molecule has 0 N–H and O–H groups in total. The second kappa shape index (κ2) is 3.11. The maximum absolute atomic E-state index is 12.5. The van der Waals surface area contributed by atoms with E-state index < -0.39 is 45.8 Å². The first kappa shape index (κ1) is 10.9. The topological polar surface area (TPSA) is 34.1 Å². The van der Waals surface area contributed by atoms with Crippen LogP contribution in [0, 0.1) is 5.92 Å². The third-order valence-corrected chi connectivity index (χ3v) is 4.60. The van der Waals surface area contributed by atoms with Gasteiger partial charge in [-0.3, -0.25) is 0 Å². The summed E-state index contributed by atoms with van der Waals surface area (Å²) in [4.78, 5) is 0. The molecule has 0 spiro atoms. The molecule has 6 heteroatoms. The Morgan fingerprint density at radius 3 is 1.70 bits per heavy atom. The SMILES string of the molecule is CC(C)C(F)(F)[S](=O)(=O)[Y]. The first-order valence-electron chi connectivity index (χ1n) is 2.59. The van der Waals surface area contributed by atoms with Crippen molar-refractivity contribution in [3.05, 3.63) is 0 Å². The predicted octanol–water partition coefficient (Wildman–Crippen LogP) is 1.11. The van der Waals surface area contributed by atoms with Crippen molar-refractivity contribution in [2.45, 2.75) is 19.1 Å². The third-order valence-electron chi connectivity index (χ3n) is 1.05. The normalized spacial score (nSPS) is 14.0. The molecule has 58 valence electrons. The van der Waals surface area contributed by atoms with Crippen LogP contribution >= 0.6 is 0 Å². The van der Waals surface area contributed by atoms with Gasteiger partial charge in [0.25, 0.3) is 0 Å². The summed E-state index contributed by atoms with van der Waals surface area (Å²) in [6.45, 7) is 2.38. The van der Waals surface area contributed by atoms with Gasteiger partial charge in [-0.2, -0.15) is 0 Å². The van der Waals surface area contributed by atoms with Gasteiger partial charge in [-0.1, -0.05) is 0 Å². The first-order chi connectivity index (χ1) is 4.19. The zero-order chi connectivity index (χ0) is 8.58. The van der Waals surface area contributed by atoms with Gasteiger partial charge in [0.2, 0.25) is 0 Å². The molecule has 2 nitrogen and oxygen atoms in total. The molecular formula is C4H7F2O2SY. The fourth-order valence-corrected chi connectivity index (χ4v) is 2.99. The molecule has 0 saturated heterocycles. The van der Waals surface area contributed by atoms with E-state index in [0.29, 0.717) is 0 Å². The number of alkyl halides is 2. The van der Waals surface area contributed by atoms with Crippen LogP contribution in [0.1, 0.15) is 13.8 Å². The van der Waals surface area contributed by atoms with E-state index in [1.54, 1.807) is 0 Å². The molecule has 0 aliphatic carbocycles. The van der Waals surface area contributed by atoms with E-state index in [2.05, 4.69) is 0 Å². The van der Waals surface area contributed by atoms with E-state index in [9.17, 15) is 17.2 Å². The molecule has 0 radical (unpaired) electrons. The summed E-state index contributed by atoms with van der Waals surface area (Å²) in [6, 6.07) is 0. The van der Waals surface area contributed by atoms with E-state index >= 15 is 0 Å². The second-order valence-corrected chi connectivity index (χ2v) is 8.47. The van der Waals surface area contributed by atoms with Gasteiger partial charge >= 0.3 is 76.8 Å². The first-order valence-corrected chi connectivity index (χ1v) is 7.62. The van der Waals surface area contributed by atoms with Crippen molar-refractivity contribution in [1.82, 2.24) is 0 Å². The minimum absolute atomic E-state index is 0.428. The van der Waals surface area contributed by atoms with Gasteiger partial charge in [-0.25, -0.2) is 0 Å². The molecule has 0 unspecified atom stereocenters. The molecular weight excluding hydrogens is 239 g/mol. The van der Waals surface area contributed by atoms with E-state index in [1.165, 1.54) is 13.8 Å². The van der Waals surface area contributed by atoms with E-state index in [4.69, 9.17) is 0 Å². The van der Waals surface area contributed by atoms with Crippen molar-refractivity contribution in [3.63, 3.8) is 0 Å². The Kier molecular flexibility index (Phi) is 3.39. The van der Waals surface area contributed by atoms with Crippen LogP contribution in [0.2, 0.25) is 0 Å². The molecule has 0 aromatic rings. The Morgan fingerprint density at radius 1 is 1.40 bits per heavy atom. The molecule has 0 aromatic carbocycles. The van der Waals surface area contributed by atoms with Gasteiger partial charge in [-0.05, 0) is 0 Å². The Bertz CT molecular complexity index is 209. The van der Waals surface area contributed by atoms with E-state index in [-0.39, 0.29) is 0 Å². The van der Waals surface area contributed by atoms with Gasteiger partial charge in [0.05, 0.1) is 0 Å². The fourth-order valence-electron chi connectivity index (χ4n) is 0.329. The van der Waals surface area contributed by atoms with Gasteiger partial charge in [0.1, 0.15) is 0 Å². The molecule has 0 aliphatic heterocycles. The number of rotatable bonds is 2. The molecule has 0 amide bonds. The Hall–Kier alpha value is 0.914. The summed E-state index contributed by atoms with van der Waals surface area (Å²) in [5, 5.41) is -7.64. The fraction of sp³-hybridized carbons (Fsp3) is 1.00. The quantitative estimate of drug-likeness (QED) is 0.731. The van der Waals surface area contributed by atoms with Crippen LogP contribution in [0.15, 0.2) is 0 Å². The van der Waals surface area contributed by atoms with E-state index in [0.717, 1.165) is 0 Å². The Balaban J connectivity index is 4.76. The molecule has 0 saturated carbocycles. The number of hydrogen-bond donors (Lipinski definition) is 0. The van der Waals surface area contributed by atoms with Crippen LogP contribution in [-0.2, 0) is 34.6 Å². The zero-order valence-electron chi connectivity index (χ0n) is 5.64. The van der Waals surface area contributed by atoms with Crippen molar-refractivity contribution in [1.29, 1.82) is 0 Å². The molecule has 0 rings (SSSR count). The van der Waals surface area contributed by atoms with Gasteiger partial charge < -0.3 is 0 Å². The van der Waals surface area contributed by atoms with Crippen molar-refractivity contribution >= 4 is 5.35 Å². The standard InChI is InChI=1S/C4H7F2O2S.Y/c1-3(2)4(5,6)9(7)8;/h3H,1-2H3;. The van der Waals surface area contributed by atoms with E-state index in [1.807, 2.05) is 0 Å². The zero-order valence-corrected chi connectivity index (χ0v) is 9.29. The Labute approximate surface area is 76.4 Å². The molecule has 0 aliphatic rings. The summed E-state index contributed by atoms with van der Waals surface area (Å²) in [6.07, 6.45) is 0. The van der Waals surface area contributed by atoms with Gasteiger partial charge in [0.15, 0.2) is 0 Å². The summed E-state index contributed by atoms with van der Waals surface area (Å²) in [7, 11) is 0. The maximum atomic E-state index is 12.5. The van der Waals surface area contributed by atoms with Crippen molar-refractivity contribution < 1.29 is 46.5 Å². The van der Waals surface area contributed by atoms with Crippen LogP contribution in [-0.4, -0.2) is 13.7 Å². The molecule has 0 fully saturated rings. The summed E-state index contributed by atoms with van der Waals surface area (Å²) < 4.78 is 45.8. The monoisotopic (exact) mass is 246 g/mol. The second-order valence-electron chi connectivity index (χ2n) is 2.26.